The number of benzene rings is 3. The number of carbonyl (C=O) groups is 2. The number of halogens is 1. The molecule has 3 aromatic rings. The van der Waals surface area contributed by atoms with E-state index in [1.807, 2.05) is 26.0 Å². The Morgan fingerprint density at radius 2 is 1.57 bits per heavy atom. The average molecular weight is 522 g/mol. The molecule has 0 bridgehead atoms. The minimum absolute atomic E-state index is 0.0223. The Morgan fingerprint density at radius 3 is 2.19 bits per heavy atom. The Labute approximate surface area is 220 Å². The van der Waals surface area contributed by atoms with Crippen molar-refractivity contribution in [2.75, 3.05) is 20.3 Å². The average Bonchev–Trinajstić information content (AvgIpc) is 3.15. The molecule has 0 radical (unpaired) electrons. The second-order valence-corrected chi connectivity index (χ2v) is 8.79. The zero-order valence-corrected chi connectivity index (χ0v) is 21.6. The van der Waals surface area contributed by atoms with Crippen LogP contribution in [0.2, 0.25) is 5.02 Å². The fourth-order valence-electron chi connectivity index (χ4n) is 4.34. The number of likely N-dealkylation sites (tertiary alicyclic amines) is 1. The van der Waals surface area contributed by atoms with Gasteiger partial charge in [0.25, 0.3) is 11.7 Å². The molecular weight excluding hydrogens is 494 g/mol. The number of ketones is 1. The van der Waals surface area contributed by atoms with Crippen LogP contribution in [-0.4, -0.2) is 42.0 Å². The van der Waals surface area contributed by atoms with Gasteiger partial charge in [-0.1, -0.05) is 35.9 Å². The van der Waals surface area contributed by atoms with Crippen molar-refractivity contribution in [3.05, 3.63) is 94.0 Å². The first-order valence-electron chi connectivity index (χ1n) is 11.9. The Hall–Kier alpha value is -3.97. The van der Waals surface area contributed by atoms with Gasteiger partial charge in [0.05, 0.1) is 37.5 Å². The molecule has 1 fully saturated rings. The van der Waals surface area contributed by atoms with Crippen molar-refractivity contribution in [1.82, 2.24) is 4.90 Å². The number of rotatable bonds is 9. The number of amides is 1. The van der Waals surface area contributed by atoms with Crippen LogP contribution in [0.3, 0.4) is 0 Å². The summed E-state index contributed by atoms with van der Waals surface area (Å²) in [4.78, 5) is 28.2. The van der Waals surface area contributed by atoms with Crippen molar-refractivity contribution in [3.63, 3.8) is 0 Å². The normalized spacial score (nSPS) is 16.6. The predicted octanol–water partition coefficient (Wildman–Crippen LogP) is 5.77. The highest BCUT2D eigenvalue weighted by Gasteiger charge is 2.46. The van der Waals surface area contributed by atoms with Crippen LogP contribution in [0.25, 0.3) is 5.76 Å². The first kappa shape index (κ1) is 26.1. The second-order valence-electron chi connectivity index (χ2n) is 8.35. The smallest absolute Gasteiger partial charge is 0.295 e. The maximum absolute atomic E-state index is 13.4. The molecule has 1 N–H and O–H groups in total. The molecule has 1 unspecified atom stereocenters. The number of ether oxygens (including phenoxy) is 3. The fourth-order valence-corrected chi connectivity index (χ4v) is 4.46. The summed E-state index contributed by atoms with van der Waals surface area (Å²) >= 11 is 6.11. The molecule has 4 rings (SSSR count). The Morgan fingerprint density at radius 1 is 0.919 bits per heavy atom. The lowest BCUT2D eigenvalue weighted by atomic mass is 9.95. The molecular formula is C29H28ClNO6. The second kappa shape index (κ2) is 11.4. The van der Waals surface area contributed by atoms with Crippen LogP contribution in [0.5, 0.6) is 17.2 Å². The van der Waals surface area contributed by atoms with Crippen molar-refractivity contribution in [3.8, 4) is 17.2 Å². The van der Waals surface area contributed by atoms with E-state index in [0.29, 0.717) is 46.6 Å². The molecule has 0 aromatic heterocycles. The number of hydrogen-bond donors (Lipinski definition) is 1. The van der Waals surface area contributed by atoms with Crippen molar-refractivity contribution in [2.24, 2.45) is 0 Å². The minimum Gasteiger partial charge on any atom is -0.507 e. The van der Waals surface area contributed by atoms with Crippen LogP contribution in [0.4, 0.5) is 0 Å². The highest BCUT2D eigenvalue weighted by atomic mass is 35.5. The highest BCUT2D eigenvalue weighted by Crippen LogP contribution is 2.42. The standard InChI is InChI=1S/C29H28ClNO6/c1-4-36-22-14-15-23(24(16-22)37-5-2)27(32)25-26(19-8-10-20(30)11-9-19)31(29(34)28(25)33)17-18-6-12-21(35-3)13-7-18/h6-16,26,32H,4-5,17H2,1-3H3/b27-25-. The van der Waals surface area contributed by atoms with Crippen LogP contribution in [-0.2, 0) is 16.1 Å². The van der Waals surface area contributed by atoms with Crippen LogP contribution >= 0.6 is 11.6 Å². The quantitative estimate of drug-likeness (QED) is 0.219. The number of aliphatic hydroxyl groups is 1. The molecule has 0 saturated carbocycles. The lowest BCUT2D eigenvalue weighted by molar-refractivity contribution is -0.140. The molecule has 0 spiro atoms. The number of carbonyl (C=O) groups excluding carboxylic acids is 2. The zero-order chi connectivity index (χ0) is 26.5. The van der Waals surface area contributed by atoms with E-state index in [2.05, 4.69) is 0 Å². The maximum Gasteiger partial charge on any atom is 0.295 e. The molecule has 7 nitrogen and oxygen atoms in total. The topological polar surface area (TPSA) is 85.3 Å². The van der Waals surface area contributed by atoms with E-state index in [-0.39, 0.29) is 17.9 Å². The molecule has 37 heavy (non-hydrogen) atoms. The zero-order valence-electron chi connectivity index (χ0n) is 20.9. The largest absolute Gasteiger partial charge is 0.507 e. The summed E-state index contributed by atoms with van der Waals surface area (Å²) in [6, 6.07) is 18.2. The van der Waals surface area contributed by atoms with Crippen LogP contribution in [0.1, 0.15) is 36.6 Å². The SMILES string of the molecule is CCOc1ccc(/C(O)=C2/C(=O)C(=O)N(Cc3ccc(OC)cc3)C2c2ccc(Cl)cc2)c(OCC)c1. The van der Waals surface area contributed by atoms with Gasteiger partial charge in [-0.15, -0.1) is 0 Å². The Kier molecular flexibility index (Phi) is 8.04. The molecule has 192 valence electrons. The Bertz CT molecular complexity index is 1320. The van der Waals surface area contributed by atoms with E-state index in [9.17, 15) is 14.7 Å². The van der Waals surface area contributed by atoms with Crippen LogP contribution in [0, 0.1) is 0 Å². The van der Waals surface area contributed by atoms with E-state index in [1.165, 1.54) is 4.90 Å². The third kappa shape index (κ3) is 5.42. The molecule has 8 heteroatoms. The van der Waals surface area contributed by atoms with Gasteiger partial charge in [0, 0.05) is 17.6 Å². The molecule has 1 saturated heterocycles. The predicted molar refractivity (Wildman–Crippen MR) is 141 cm³/mol. The summed E-state index contributed by atoms with van der Waals surface area (Å²) in [5, 5.41) is 12.0. The van der Waals surface area contributed by atoms with Gasteiger partial charge >= 0.3 is 0 Å². The van der Waals surface area contributed by atoms with Crippen molar-refractivity contribution in [2.45, 2.75) is 26.4 Å². The van der Waals surface area contributed by atoms with Crippen molar-refractivity contribution < 1.29 is 28.9 Å². The van der Waals surface area contributed by atoms with E-state index < -0.39 is 17.7 Å². The molecule has 0 aliphatic carbocycles. The summed E-state index contributed by atoms with van der Waals surface area (Å²) in [6.07, 6.45) is 0. The lowest BCUT2D eigenvalue weighted by Crippen LogP contribution is -2.29. The van der Waals surface area contributed by atoms with Gasteiger partial charge in [0.2, 0.25) is 0 Å². The Balaban J connectivity index is 1.85. The van der Waals surface area contributed by atoms with Gasteiger partial charge in [-0.3, -0.25) is 9.59 Å². The lowest BCUT2D eigenvalue weighted by Gasteiger charge is -2.26. The van der Waals surface area contributed by atoms with E-state index >= 15 is 0 Å². The first-order valence-corrected chi connectivity index (χ1v) is 12.3. The van der Waals surface area contributed by atoms with E-state index in [4.69, 9.17) is 25.8 Å². The summed E-state index contributed by atoms with van der Waals surface area (Å²) in [6.45, 7) is 4.63. The van der Waals surface area contributed by atoms with Crippen molar-refractivity contribution in [1.29, 1.82) is 0 Å². The van der Waals surface area contributed by atoms with E-state index in [1.54, 1.807) is 61.7 Å². The van der Waals surface area contributed by atoms with Gasteiger partial charge < -0.3 is 24.2 Å². The number of nitrogens with zero attached hydrogens (tertiary/aromatic N) is 1. The fraction of sp³-hybridized carbons (Fsp3) is 0.241. The number of hydrogen-bond acceptors (Lipinski definition) is 6. The highest BCUT2D eigenvalue weighted by molar-refractivity contribution is 6.46. The minimum atomic E-state index is -0.833. The monoisotopic (exact) mass is 521 g/mol. The van der Waals surface area contributed by atoms with Gasteiger partial charge in [-0.2, -0.15) is 0 Å². The van der Waals surface area contributed by atoms with Gasteiger partial charge in [-0.25, -0.2) is 0 Å². The molecule has 1 aliphatic heterocycles. The molecule has 1 heterocycles. The van der Waals surface area contributed by atoms with Crippen molar-refractivity contribution >= 4 is 29.1 Å². The number of methoxy groups -OCH3 is 1. The third-order valence-corrected chi connectivity index (χ3v) is 6.31. The third-order valence-electron chi connectivity index (χ3n) is 6.06. The number of Topliss-reactive ketones (excluding diaryl/α,β-unsaturated/α-hetero) is 1. The van der Waals surface area contributed by atoms with E-state index in [0.717, 1.165) is 5.56 Å². The molecule has 1 amide bonds. The first-order chi connectivity index (χ1) is 17.9. The summed E-state index contributed by atoms with van der Waals surface area (Å²) in [7, 11) is 1.57. The van der Waals surface area contributed by atoms with Crippen LogP contribution < -0.4 is 14.2 Å². The molecule has 1 atom stereocenters. The van der Waals surface area contributed by atoms with Gasteiger partial charge in [0.15, 0.2) is 0 Å². The van der Waals surface area contributed by atoms with Gasteiger partial charge in [-0.05, 0) is 61.4 Å². The molecule has 3 aromatic carbocycles. The van der Waals surface area contributed by atoms with Crippen LogP contribution in [0.15, 0.2) is 72.3 Å². The summed E-state index contributed by atoms with van der Waals surface area (Å²) < 4.78 is 16.5. The molecule has 1 aliphatic rings. The maximum atomic E-state index is 13.4. The summed E-state index contributed by atoms with van der Waals surface area (Å²) in [5.41, 5.74) is 1.72. The summed E-state index contributed by atoms with van der Waals surface area (Å²) in [5.74, 6) is -0.205. The number of aliphatic hydroxyl groups excluding tert-OH is 1. The van der Waals surface area contributed by atoms with Gasteiger partial charge in [0.1, 0.15) is 23.0 Å².